The van der Waals surface area contributed by atoms with Crippen LogP contribution in [0, 0.1) is 5.92 Å². The van der Waals surface area contributed by atoms with Crippen LogP contribution in [-0.2, 0) is 4.79 Å². The summed E-state index contributed by atoms with van der Waals surface area (Å²) in [5, 5.41) is 8.02. The van der Waals surface area contributed by atoms with E-state index >= 15 is 0 Å². The lowest BCUT2D eigenvalue weighted by Gasteiger charge is -1.90. The number of alkyl halides is 2. The third-order valence-corrected chi connectivity index (χ3v) is 1.38. The van der Waals surface area contributed by atoms with E-state index in [0.29, 0.717) is 0 Å². The summed E-state index contributed by atoms with van der Waals surface area (Å²) in [7, 11) is 0. The normalized spacial score (nSPS) is 29.8. The monoisotopic (exact) mass is 136 g/mol. The molecule has 0 aromatic rings. The average Bonchev–Trinajstić information content (AvgIpc) is 2.10. The highest BCUT2D eigenvalue weighted by molar-refractivity contribution is 5.67. The Morgan fingerprint density at radius 1 is 1.78 bits per heavy atom. The number of carboxylic acids is 1. The fraction of sp³-hybridized carbons (Fsp3) is 0.800. The molecule has 0 aromatic heterocycles. The predicted octanol–water partition coefficient (Wildman–Crippen LogP) is 1.12. The molecule has 1 atom stereocenters. The lowest BCUT2D eigenvalue weighted by Crippen LogP contribution is -2.01. The van der Waals surface area contributed by atoms with Gasteiger partial charge in [0.1, 0.15) is 0 Å². The minimum Gasteiger partial charge on any atom is -0.481 e. The van der Waals surface area contributed by atoms with E-state index in [2.05, 4.69) is 0 Å². The Hall–Kier alpha value is -0.670. The van der Waals surface area contributed by atoms with Crippen molar-refractivity contribution in [3.05, 3.63) is 0 Å². The SMILES string of the molecule is O=C(O)C[C@H]1CC1(F)F. The van der Waals surface area contributed by atoms with Gasteiger partial charge in [0, 0.05) is 12.3 Å². The van der Waals surface area contributed by atoms with Crippen LogP contribution < -0.4 is 0 Å². The van der Waals surface area contributed by atoms with Crippen molar-refractivity contribution in [2.75, 3.05) is 0 Å². The van der Waals surface area contributed by atoms with E-state index in [4.69, 9.17) is 5.11 Å². The molecule has 0 heterocycles. The third-order valence-electron chi connectivity index (χ3n) is 1.38. The van der Waals surface area contributed by atoms with Crippen LogP contribution in [0.25, 0.3) is 0 Å². The maximum absolute atomic E-state index is 11.9. The number of halogens is 2. The molecule has 1 saturated carbocycles. The molecular weight excluding hydrogens is 130 g/mol. The summed E-state index contributed by atoms with van der Waals surface area (Å²) in [6.07, 6.45) is -0.647. The van der Waals surface area contributed by atoms with Gasteiger partial charge in [0.05, 0.1) is 6.42 Å². The van der Waals surface area contributed by atoms with E-state index in [9.17, 15) is 13.6 Å². The van der Waals surface area contributed by atoms with Crippen molar-refractivity contribution in [3.8, 4) is 0 Å². The Morgan fingerprint density at radius 2 is 2.22 bits per heavy atom. The van der Waals surface area contributed by atoms with Crippen LogP contribution in [0.5, 0.6) is 0 Å². The van der Waals surface area contributed by atoms with Crippen LogP contribution in [0.15, 0.2) is 0 Å². The summed E-state index contributed by atoms with van der Waals surface area (Å²) < 4.78 is 23.8. The molecule has 0 radical (unpaired) electrons. The van der Waals surface area contributed by atoms with E-state index in [1.807, 2.05) is 0 Å². The number of hydrogen-bond acceptors (Lipinski definition) is 1. The smallest absolute Gasteiger partial charge is 0.303 e. The molecule has 4 heteroatoms. The average molecular weight is 136 g/mol. The van der Waals surface area contributed by atoms with Crippen LogP contribution in [0.1, 0.15) is 12.8 Å². The van der Waals surface area contributed by atoms with E-state index in [-0.39, 0.29) is 6.42 Å². The highest BCUT2D eigenvalue weighted by Gasteiger charge is 2.57. The summed E-state index contributed by atoms with van der Waals surface area (Å²) in [6, 6.07) is 0. The van der Waals surface area contributed by atoms with Crippen molar-refractivity contribution in [2.24, 2.45) is 5.92 Å². The Bertz CT molecular complexity index is 144. The van der Waals surface area contributed by atoms with Gasteiger partial charge < -0.3 is 5.11 Å². The van der Waals surface area contributed by atoms with E-state index in [1.165, 1.54) is 0 Å². The second kappa shape index (κ2) is 1.65. The van der Waals surface area contributed by atoms with Gasteiger partial charge in [-0.1, -0.05) is 0 Å². The highest BCUT2D eigenvalue weighted by atomic mass is 19.3. The molecule has 0 amide bonds. The zero-order chi connectivity index (χ0) is 7.07. The lowest BCUT2D eigenvalue weighted by atomic mass is 10.3. The molecule has 0 aromatic carbocycles. The Morgan fingerprint density at radius 3 is 2.33 bits per heavy atom. The third kappa shape index (κ3) is 1.37. The zero-order valence-electron chi connectivity index (χ0n) is 4.60. The van der Waals surface area contributed by atoms with Gasteiger partial charge in [-0.15, -0.1) is 0 Å². The molecule has 0 bridgehead atoms. The topological polar surface area (TPSA) is 37.3 Å². The molecule has 1 fully saturated rings. The van der Waals surface area contributed by atoms with Crippen LogP contribution in [-0.4, -0.2) is 17.0 Å². The molecule has 1 rings (SSSR count). The molecule has 1 aliphatic carbocycles. The molecule has 0 unspecified atom stereocenters. The van der Waals surface area contributed by atoms with Crippen molar-refractivity contribution < 1.29 is 18.7 Å². The first-order valence-corrected chi connectivity index (χ1v) is 2.62. The first-order chi connectivity index (χ1) is 4.02. The minimum absolute atomic E-state index is 0.251. The molecule has 1 N–H and O–H groups in total. The lowest BCUT2D eigenvalue weighted by molar-refractivity contribution is -0.138. The molecule has 1 aliphatic rings. The molecule has 0 aliphatic heterocycles. The molecule has 9 heavy (non-hydrogen) atoms. The number of rotatable bonds is 2. The molecular formula is C5H6F2O2. The van der Waals surface area contributed by atoms with Gasteiger partial charge in [-0.05, 0) is 0 Å². The van der Waals surface area contributed by atoms with Gasteiger partial charge in [-0.2, -0.15) is 0 Å². The highest BCUT2D eigenvalue weighted by Crippen LogP contribution is 2.50. The minimum atomic E-state index is -2.68. The number of carbonyl (C=O) groups is 1. The van der Waals surface area contributed by atoms with Gasteiger partial charge in [-0.3, -0.25) is 4.79 Å². The summed E-state index contributed by atoms with van der Waals surface area (Å²) >= 11 is 0. The van der Waals surface area contributed by atoms with Gasteiger partial charge in [-0.25, -0.2) is 8.78 Å². The summed E-state index contributed by atoms with van der Waals surface area (Å²) in [5.41, 5.74) is 0. The number of hydrogen-bond donors (Lipinski definition) is 1. The van der Waals surface area contributed by atoms with Gasteiger partial charge >= 0.3 is 5.97 Å². The van der Waals surface area contributed by atoms with E-state index in [0.717, 1.165) is 0 Å². The van der Waals surface area contributed by atoms with Crippen LogP contribution in [0.4, 0.5) is 8.78 Å². The first kappa shape index (κ1) is 6.45. The first-order valence-electron chi connectivity index (χ1n) is 2.62. The van der Waals surface area contributed by atoms with E-state index < -0.39 is 24.2 Å². The van der Waals surface area contributed by atoms with Crippen LogP contribution >= 0.6 is 0 Å². The van der Waals surface area contributed by atoms with Crippen LogP contribution in [0.3, 0.4) is 0 Å². The van der Waals surface area contributed by atoms with Gasteiger partial charge in [0.25, 0.3) is 5.92 Å². The van der Waals surface area contributed by atoms with Crippen molar-refractivity contribution in [3.63, 3.8) is 0 Å². The quantitative estimate of drug-likeness (QED) is 0.617. The summed E-state index contributed by atoms with van der Waals surface area (Å²) in [6.45, 7) is 0. The number of carboxylic acid groups (broad SMARTS) is 1. The maximum Gasteiger partial charge on any atom is 0.303 e. The fourth-order valence-corrected chi connectivity index (χ4v) is 0.702. The molecule has 2 nitrogen and oxygen atoms in total. The van der Waals surface area contributed by atoms with Crippen molar-refractivity contribution in [1.29, 1.82) is 0 Å². The van der Waals surface area contributed by atoms with Crippen molar-refractivity contribution in [2.45, 2.75) is 18.8 Å². The summed E-state index contributed by atoms with van der Waals surface area (Å²) in [4.78, 5) is 9.80. The second-order valence-corrected chi connectivity index (χ2v) is 2.26. The van der Waals surface area contributed by atoms with E-state index in [1.54, 1.807) is 0 Å². The molecule has 52 valence electrons. The Labute approximate surface area is 50.5 Å². The van der Waals surface area contributed by atoms with Gasteiger partial charge in [0.15, 0.2) is 0 Å². The largest absolute Gasteiger partial charge is 0.481 e. The Balaban J connectivity index is 2.28. The van der Waals surface area contributed by atoms with Crippen LogP contribution in [0.2, 0.25) is 0 Å². The fourth-order valence-electron chi connectivity index (χ4n) is 0.702. The number of aliphatic carboxylic acids is 1. The molecule has 0 spiro atoms. The predicted molar refractivity (Wildman–Crippen MR) is 25.3 cm³/mol. The van der Waals surface area contributed by atoms with Gasteiger partial charge in [0.2, 0.25) is 0 Å². The van der Waals surface area contributed by atoms with Crippen molar-refractivity contribution in [1.82, 2.24) is 0 Å². The maximum atomic E-state index is 11.9. The Kier molecular flexibility index (Phi) is 1.18. The summed E-state index contributed by atoms with van der Waals surface area (Å²) in [5.74, 6) is -4.72. The zero-order valence-corrected chi connectivity index (χ0v) is 4.60. The molecule has 0 saturated heterocycles. The standard InChI is InChI=1S/C5H6F2O2/c6-5(7)2-3(5)1-4(8)9/h3H,1-2H2,(H,8,9)/t3-/m0/s1. The second-order valence-electron chi connectivity index (χ2n) is 2.26. The van der Waals surface area contributed by atoms with Crippen molar-refractivity contribution >= 4 is 5.97 Å².